The van der Waals surface area contributed by atoms with E-state index in [0.29, 0.717) is 17.3 Å². The Hall–Kier alpha value is -1.75. The minimum absolute atomic E-state index is 0.297. The van der Waals surface area contributed by atoms with Crippen LogP contribution in [0.1, 0.15) is 25.3 Å². The Balaban J connectivity index is 1.85. The van der Waals surface area contributed by atoms with Crippen molar-refractivity contribution in [2.45, 2.75) is 19.8 Å². The highest BCUT2D eigenvalue weighted by atomic mass is 15.3. The first-order chi connectivity index (χ1) is 8.64. The van der Waals surface area contributed by atoms with E-state index in [9.17, 15) is 0 Å². The van der Waals surface area contributed by atoms with Crippen LogP contribution in [-0.4, -0.2) is 26.3 Å². The zero-order valence-electron chi connectivity index (χ0n) is 10.6. The molecule has 0 saturated heterocycles. The average Bonchev–Trinajstić information content (AvgIpc) is 2.77. The minimum atomic E-state index is 0.297. The van der Waals surface area contributed by atoms with Crippen LogP contribution in [0.4, 0.5) is 0 Å². The van der Waals surface area contributed by atoms with Crippen molar-refractivity contribution in [3.63, 3.8) is 0 Å². The van der Waals surface area contributed by atoms with E-state index in [2.05, 4.69) is 35.0 Å². The van der Waals surface area contributed by atoms with Gasteiger partial charge in [-0.25, -0.2) is 14.6 Å². The fraction of sp³-hybridized carbons (Fsp3) is 0.462. The van der Waals surface area contributed by atoms with Gasteiger partial charge < -0.3 is 5.73 Å². The third kappa shape index (κ3) is 1.62. The van der Waals surface area contributed by atoms with E-state index in [1.54, 1.807) is 11.0 Å². The van der Waals surface area contributed by atoms with Crippen LogP contribution < -0.4 is 5.73 Å². The molecule has 2 atom stereocenters. The van der Waals surface area contributed by atoms with Crippen molar-refractivity contribution in [1.29, 1.82) is 0 Å². The highest BCUT2D eigenvalue weighted by molar-refractivity contribution is 5.33. The molecule has 3 rings (SSSR count). The van der Waals surface area contributed by atoms with Crippen LogP contribution in [0.3, 0.4) is 0 Å². The molecule has 0 bridgehead atoms. The van der Waals surface area contributed by atoms with Crippen molar-refractivity contribution >= 4 is 0 Å². The summed E-state index contributed by atoms with van der Waals surface area (Å²) in [5.74, 6) is 1.88. The van der Waals surface area contributed by atoms with Gasteiger partial charge in [-0.05, 0) is 35.4 Å². The highest BCUT2D eigenvalue weighted by Gasteiger charge is 2.57. The maximum Gasteiger partial charge on any atom is 0.155 e. The van der Waals surface area contributed by atoms with Gasteiger partial charge in [-0.1, -0.05) is 19.9 Å². The van der Waals surface area contributed by atoms with Gasteiger partial charge in [-0.2, -0.15) is 5.10 Å². The van der Waals surface area contributed by atoms with Crippen LogP contribution in [0.25, 0.3) is 5.82 Å². The molecule has 5 heteroatoms. The quantitative estimate of drug-likeness (QED) is 0.883. The maximum atomic E-state index is 5.80. The number of pyridine rings is 1. The molecule has 1 fully saturated rings. The lowest BCUT2D eigenvalue weighted by atomic mass is 10.0. The van der Waals surface area contributed by atoms with Crippen LogP contribution in [0.2, 0.25) is 0 Å². The fourth-order valence-electron chi connectivity index (χ4n) is 2.89. The van der Waals surface area contributed by atoms with Gasteiger partial charge in [0.1, 0.15) is 12.7 Å². The largest absolute Gasteiger partial charge is 0.330 e. The second-order valence-electron chi connectivity index (χ2n) is 5.43. The van der Waals surface area contributed by atoms with Gasteiger partial charge in [0.25, 0.3) is 0 Å². The molecule has 1 saturated carbocycles. The van der Waals surface area contributed by atoms with Crippen molar-refractivity contribution < 1.29 is 0 Å². The van der Waals surface area contributed by atoms with Crippen LogP contribution in [0.15, 0.2) is 31.0 Å². The molecule has 2 N–H and O–H groups in total. The molecule has 0 unspecified atom stereocenters. The lowest BCUT2D eigenvalue weighted by molar-refractivity contribution is 0.558. The van der Waals surface area contributed by atoms with E-state index in [0.717, 1.165) is 12.4 Å². The van der Waals surface area contributed by atoms with Crippen molar-refractivity contribution in [3.05, 3.63) is 36.5 Å². The molecule has 94 valence electrons. The molecule has 0 amide bonds. The molecule has 0 aromatic carbocycles. The number of aromatic nitrogens is 4. The summed E-state index contributed by atoms with van der Waals surface area (Å²) in [6, 6.07) is 4.10. The number of nitrogens with two attached hydrogens (primary N) is 1. The number of nitrogens with zero attached hydrogens (tertiary/aromatic N) is 4. The first kappa shape index (κ1) is 11.3. The van der Waals surface area contributed by atoms with Gasteiger partial charge in [0.2, 0.25) is 0 Å². The maximum absolute atomic E-state index is 5.80. The minimum Gasteiger partial charge on any atom is -0.330 e. The molecular weight excluding hydrogens is 226 g/mol. The molecular formula is C13H17N5. The summed E-state index contributed by atoms with van der Waals surface area (Å²) in [6.07, 6.45) is 5.08. The lowest BCUT2D eigenvalue weighted by Gasteiger charge is -2.04. The topological polar surface area (TPSA) is 69.6 Å². The van der Waals surface area contributed by atoms with E-state index in [1.807, 2.05) is 12.3 Å². The van der Waals surface area contributed by atoms with E-state index in [1.165, 1.54) is 11.9 Å². The lowest BCUT2D eigenvalue weighted by Crippen LogP contribution is -2.05. The Morgan fingerprint density at radius 3 is 2.72 bits per heavy atom. The Morgan fingerprint density at radius 1 is 1.39 bits per heavy atom. The summed E-state index contributed by atoms with van der Waals surface area (Å²) in [5, 5.41) is 4.06. The van der Waals surface area contributed by atoms with E-state index >= 15 is 0 Å². The van der Waals surface area contributed by atoms with Crippen LogP contribution >= 0.6 is 0 Å². The summed E-state index contributed by atoms with van der Waals surface area (Å²) >= 11 is 0. The predicted molar refractivity (Wildman–Crippen MR) is 68.2 cm³/mol. The van der Waals surface area contributed by atoms with Crippen molar-refractivity contribution in [2.24, 2.45) is 17.1 Å². The zero-order valence-corrected chi connectivity index (χ0v) is 10.6. The summed E-state index contributed by atoms with van der Waals surface area (Å²) < 4.78 is 1.65. The summed E-state index contributed by atoms with van der Waals surface area (Å²) in [6.45, 7) is 5.27. The smallest absolute Gasteiger partial charge is 0.155 e. The summed E-state index contributed by atoms with van der Waals surface area (Å²) in [4.78, 5) is 8.35. The molecule has 0 spiro atoms. The molecule has 1 aliphatic rings. The van der Waals surface area contributed by atoms with Gasteiger partial charge in [0.05, 0.1) is 0 Å². The van der Waals surface area contributed by atoms with Crippen molar-refractivity contribution in [2.75, 3.05) is 6.54 Å². The Kier molecular flexibility index (Phi) is 2.45. The molecule has 18 heavy (non-hydrogen) atoms. The zero-order chi connectivity index (χ0) is 12.8. The van der Waals surface area contributed by atoms with Gasteiger partial charge in [-0.15, -0.1) is 0 Å². The first-order valence-corrected chi connectivity index (χ1v) is 6.15. The third-order valence-electron chi connectivity index (χ3n) is 4.09. The number of hydrogen-bond acceptors (Lipinski definition) is 4. The van der Waals surface area contributed by atoms with Crippen LogP contribution in [0.5, 0.6) is 0 Å². The van der Waals surface area contributed by atoms with Gasteiger partial charge in [-0.3, -0.25) is 0 Å². The first-order valence-electron chi connectivity index (χ1n) is 6.15. The Morgan fingerprint density at radius 2 is 2.22 bits per heavy atom. The standard InChI is InChI=1S/C13H17N5/c1-13(2)10(5-14)12(13)9-3-4-11(16-6-9)18-8-15-7-17-18/h3-4,6-8,10,12H,5,14H2,1-2H3/t10-,12-/m1/s1. The predicted octanol–water partition coefficient (Wildman–Crippen LogP) is 1.36. The van der Waals surface area contributed by atoms with E-state index in [-0.39, 0.29) is 0 Å². The molecule has 2 aromatic rings. The van der Waals surface area contributed by atoms with Gasteiger partial charge >= 0.3 is 0 Å². The average molecular weight is 243 g/mol. The third-order valence-corrected chi connectivity index (χ3v) is 4.09. The van der Waals surface area contributed by atoms with Gasteiger partial charge in [0, 0.05) is 6.20 Å². The second-order valence-corrected chi connectivity index (χ2v) is 5.43. The monoisotopic (exact) mass is 243 g/mol. The molecule has 0 aliphatic heterocycles. The molecule has 1 aliphatic carbocycles. The summed E-state index contributed by atoms with van der Waals surface area (Å²) in [7, 11) is 0. The Labute approximate surface area is 106 Å². The molecule has 5 nitrogen and oxygen atoms in total. The van der Waals surface area contributed by atoms with Crippen molar-refractivity contribution in [1.82, 2.24) is 19.7 Å². The Bertz CT molecular complexity index is 529. The SMILES string of the molecule is CC1(C)[C@H](CN)[C@H]1c1ccc(-n2cncn2)nc1. The molecule has 2 heterocycles. The second kappa shape index (κ2) is 3.88. The number of hydrogen-bond donors (Lipinski definition) is 1. The van der Waals surface area contributed by atoms with Gasteiger partial charge in [0.15, 0.2) is 5.82 Å². The molecule has 2 aromatic heterocycles. The summed E-state index contributed by atoms with van der Waals surface area (Å²) in [5.41, 5.74) is 7.36. The van der Waals surface area contributed by atoms with Crippen molar-refractivity contribution in [3.8, 4) is 5.82 Å². The van der Waals surface area contributed by atoms with E-state index in [4.69, 9.17) is 5.73 Å². The van der Waals surface area contributed by atoms with Crippen LogP contribution in [-0.2, 0) is 0 Å². The number of rotatable bonds is 3. The fourth-order valence-corrected chi connectivity index (χ4v) is 2.89. The van der Waals surface area contributed by atoms with E-state index < -0.39 is 0 Å². The molecule has 0 radical (unpaired) electrons. The highest BCUT2D eigenvalue weighted by Crippen LogP contribution is 2.63. The van der Waals surface area contributed by atoms with Crippen LogP contribution in [0, 0.1) is 11.3 Å². The normalized spacial score (nSPS) is 25.1.